The summed E-state index contributed by atoms with van der Waals surface area (Å²) in [5.74, 6) is 0.636. The smallest absolute Gasteiger partial charge is 0.279 e. The molecule has 0 radical (unpaired) electrons. The van der Waals surface area contributed by atoms with Crippen LogP contribution < -0.4 is 10.2 Å². The minimum atomic E-state index is 0. The van der Waals surface area contributed by atoms with E-state index < -0.39 is 0 Å². The molecule has 0 atom stereocenters. The van der Waals surface area contributed by atoms with E-state index >= 15 is 0 Å². The number of carbonyl (C=O) groups is 1. The summed E-state index contributed by atoms with van der Waals surface area (Å²) in [6.45, 7) is 2.45. The van der Waals surface area contributed by atoms with Crippen molar-refractivity contribution in [1.29, 1.82) is 0 Å². The molecule has 0 bridgehead atoms. The summed E-state index contributed by atoms with van der Waals surface area (Å²) >= 11 is 0. The molecule has 0 saturated heterocycles. The van der Waals surface area contributed by atoms with Crippen molar-refractivity contribution >= 4 is 24.0 Å². The van der Waals surface area contributed by atoms with Gasteiger partial charge < -0.3 is 10.2 Å². The Morgan fingerprint density at radius 3 is 2.75 bits per heavy atom. The SMILES string of the molecule is Cl.O=C(c1n[nH]c2c1CNCC2)N(CC1CCC1)c1ccccc1. The van der Waals surface area contributed by atoms with Crippen LogP contribution in [0.4, 0.5) is 5.69 Å². The van der Waals surface area contributed by atoms with E-state index in [9.17, 15) is 4.79 Å². The number of hydrogen-bond acceptors (Lipinski definition) is 3. The molecule has 1 fully saturated rings. The molecular weight excluding hydrogens is 324 g/mol. The first-order valence-corrected chi connectivity index (χ1v) is 8.46. The summed E-state index contributed by atoms with van der Waals surface area (Å²) in [6.07, 6.45) is 4.63. The molecule has 0 spiro atoms. The number of rotatable bonds is 4. The lowest BCUT2D eigenvalue weighted by atomic mass is 9.85. The van der Waals surface area contributed by atoms with Crippen LogP contribution in [-0.4, -0.2) is 29.2 Å². The molecule has 2 aromatic rings. The van der Waals surface area contributed by atoms with Gasteiger partial charge in [0.15, 0.2) is 5.69 Å². The van der Waals surface area contributed by atoms with E-state index in [-0.39, 0.29) is 18.3 Å². The number of halogens is 1. The fourth-order valence-electron chi connectivity index (χ4n) is 3.38. The number of carbonyl (C=O) groups excluding carboxylic acids is 1. The lowest BCUT2D eigenvalue weighted by molar-refractivity contribution is 0.0971. The summed E-state index contributed by atoms with van der Waals surface area (Å²) in [4.78, 5) is 15.1. The van der Waals surface area contributed by atoms with Crippen LogP contribution in [0.3, 0.4) is 0 Å². The monoisotopic (exact) mass is 346 g/mol. The molecule has 2 heterocycles. The number of anilines is 1. The third-order valence-corrected chi connectivity index (χ3v) is 4.99. The summed E-state index contributed by atoms with van der Waals surface area (Å²) in [5, 5.41) is 10.7. The Labute approximate surface area is 148 Å². The third-order valence-electron chi connectivity index (χ3n) is 4.99. The van der Waals surface area contributed by atoms with Crippen molar-refractivity contribution in [2.24, 2.45) is 5.92 Å². The fraction of sp³-hybridized carbons (Fsp3) is 0.444. The van der Waals surface area contributed by atoms with Gasteiger partial charge in [-0.05, 0) is 30.9 Å². The van der Waals surface area contributed by atoms with Crippen LogP contribution in [-0.2, 0) is 13.0 Å². The van der Waals surface area contributed by atoms with Gasteiger partial charge in [0.25, 0.3) is 5.91 Å². The van der Waals surface area contributed by atoms with Crippen molar-refractivity contribution in [3.8, 4) is 0 Å². The van der Waals surface area contributed by atoms with E-state index in [1.807, 2.05) is 35.2 Å². The van der Waals surface area contributed by atoms with E-state index in [0.29, 0.717) is 11.6 Å². The Morgan fingerprint density at radius 2 is 2.04 bits per heavy atom. The van der Waals surface area contributed by atoms with E-state index in [1.165, 1.54) is 19.3 Å². The number of aromatic amines is 1. The van der Waals surface area contributed by atoms with Crippen LogP contribution in [0.1, 0.15) is 41.0 Å². The first-order chi connectivity index (χ1) is 11.3. The molecule has 1 aliphatic heterocycles. The van der Waals surface area contributed by atoms with Gasteiger partial charge in [-0.1, -0.05) is 24.6 Å². The van der Waals surface area contributed by atoms with Crippen LogP contribution in [0.2, 0.25) is 0 Å². The molecule has 1 saturated carbocycles. The first-order valence-electron chi connectivity index (χ1n) is 8.46. The lowest BCUT2D eigenvalue weighted by Crippen LogP contribution is -2.38. The van der Waals surface area contributed by atoms with E-state index in [0.717, 1.165) is 43.0 Å². The van der Waals surface area contributed by atoms with Crippen LogP contribution >= 0.6 is 12.4 Å². The minimum Gasteiger partial charge on any atom is -0.312 e. The molecule has 6 heteroatoms. The van der Waals surface area contributed by atoms with Gasteiger partial charge in [0.05, 0.1) is 0 Å². The average molecular weight is 347 g/mol. The average Bonchev–Trinajstić information content (AvgIpc) is 2.98. The maximum absolute atomic E-state index is 13.2. The van der Waals surface area contributed by atoms with Crippen LogP contribution in [0.25, 0.3) is 0 Å². The van der Waals surface area contributed by atoms with Gasteiger partial charge in [0.2, 0.25) is 0 Å². The van der Waals surface area contributed by atoms with Gasteiger partial charge in [0.1, 0.15) is 0 Å². The molecule has 2 aliphatic rings. The Hall–Kier alpha value is -1.85. The number of nitrogens with zero attached hydrogens (tertiary/aromatic N) is 2. The molecule has 1 aliphatic carbocycles. The Balaban J connectivity index is 0.00000169. The van der Waals surface area contributed by atoms with E-state index in [1.54, 1.807) is 0 Å². The summed E-state index contributed by atoms with van der Waals surface area (Å²) in [7, 11) is 0. The first kappa shape index (κ1) is 17.0. The van der Waals surface area contributed by atoms with Crippen LogP contribution in [0.15, 0.2) is 30.3 Å². The number of fused-ring (bicyclic) bond motifs is 1. The van der Waals surface area contributed by atoms with Crippen molar-refractivity contribution in [2.45, 2.75) is 32.2 Å². The molecule has 4 rings (SSSR count). The minimum absolute atomic E-state index is 0. The van der Waals surface area contributed by atoms with Crippen LogP contribution in [0.5, 0.6) is 0 Å². The van der Waals surface area contributed by atoms with Gasteiger partial charge in [-0.3, -0.25) is 9.89 Å². The van der Waals surface area contributed by atoms with Crippen LogP contribution in [0, 0.1) is 5.92 Å². The molecular formula is C18H23ClN4O. The zero-order valence-corrected chi connectivity index (χ0v) is 14.4. The highest BCUT2D eigenvalue weighted by Gasteiger charge is 2.29. The molecule has 128 valence electrons. The highest BCUT2D eigenvalue weighted by Crippen LogP contribution is 2.30. The van der Waals surface area contributed by atoms with Gasteiger partial charge in [-0.2, -0.15) is 5.10 Å². The third kappa shape index (κ3) is 3.19. The predicted molar refractivity (Wildman–Crippen MR) is 96.7 cm³/mol. The standard InChI is InChI=1S/C18H22N4O.ClH/c23-18(17-15-11-19-10-9-16(15)20-21-17)22(12-13-5-4-6-13)14-7-2-1-3-8-14;/h1-3,7-8,13,19H,4-6,9-12H2,(H,20,21);1H. The second-order valence-corrected chi connectivity index (χ2v) is 6.50. The quantitative estimate of drug-likeness (QED) is 0.894. The Bertz CT molecular complexity index is 696. The molecule has 0 unspecified atom stereocenters. The maximum Gasteiger partial charge on any atom is 0.279 e. The van der Waals surface area contributed by atoms with Crippen molar-refractivity contribution < 1.29 is 4.79 Å². The number of para-hydroxylation sites is 1. The molecule has 24 heavy (non-hydrogen) atoms. The number of hydrogen-bond donors (Lipinski definition) is 2. The zero-order chi connectivity index (χ0) is 15.6. The van der Waals surface area contributed by atoms with Crippen molar-refractivity contribution in [3.05, 3.63) is 47.3 Å². The van der Waals surface area contributed by atoms with Crippen molar-refractivity contribution in [1.82, 2.24) is 15.5 Å². The van der Waals surface area contributed by atoms with E-state index in [4.69, 9.17) is 0 Å². The summed E-state index contributed by atoms with van der Waals surface area (Å²) in [5.41, 5.74) is 3.68. The second-order valence-electron chi connectivity index (χ2n) is 6.50. The Morgan fingerprint density at radius 1 is 1.25 bits per heavy atom. The maximum atomic E-state index is 13.2. The predicted octanol–water partition coefficient (Wildman–Crippen LogP) is 2.92. The highest BCUT2D eigenvalue weighted by molar-refractivity contribution is 6.05. The highest BCUT2D eigenvalue weighted by atomic mass is 35.5. The lowest BCUT2D eigenvalue weighted by Gasteiger charge is -2.32. The number of nitrogens with one attached hydrogen (secondary N) is 2. The van der Waals surface area contributed by atoms with Crippen molar-refractivity contribution in [2.75, 3.05) is 18.0 Å². The number of H-pyrrole nitrogens is 1. The summed E-state index contributed by atoms with van der Waals surface area (Å²) in [6, 6.07) is 9.97. The van der Waals surface area contributed by atoms with Gasteiger partial charge in [-0.25, -0.2) is 0 Å². The molecule has 1 amide bonds. The molecule has 5 nitrogen and oxygen atoms in total. The Kier molecular flexibility index (Phi) is 5.21. The summed E-state index contributed by atoms with van der Waals surface area (Å²) < 4.78 is 0. The van der Waals surface area contributed by atoms with Gasteiger partial charge >= 0.3 is 0 Å². The number of aromatic nitrogens is 2. The number of benzene rings is 1. The largest absolute Gasteiger partial charge is 0.312 e. The second kappa shape index (κ2) is 7.36. The normalized spacial score (nSPS) is 16.7. The zero-order valence-electron chi connectivity index (χ0n) is 13.6. The topological polar surface area (TPSA) is 61.0 Å². The number of amides is 1. The van der Waals surface area contributed by atoms with Gasteiger partial charge in [-0.15, -0.1) is 12.4 Å². The van der Waals surface area contributed by atoms with Crippen molar-refractivity contribution in [3.63, 3.8) is 0 Å². The molecule has 2 N–H and O–H groups in total. The van der Waals surface area contributed by atoms with E-state index in [2.05, 4.69) is 15.5 Å². The van der Waals surface area contributed by atoms with Gasteiger partial charge in [0, 0.05) is 43.0 Å². The molecule has 1 aromatic carbocycles. The fourth-order valence-corrected chi connectivity index (χ4v) is 3.38. The molecule has 1 aromatic heterocycles.